The van der Waals surface area contributed by atoms with E-state index in [2.05, 4.69) is 5.32 Å². The zero-order chi connectivity index (χ0) is 10.8. The van der Waals surface area contributed by atoms with Gasteiger partial charge in [-0.1, -0.05) is 13.3 Å². The van der Waals surface area contributed by atoms with Crippen molar-refractivity contribution in [2.24, 2.45) is 5.73 Å². The summed E-state index contributed by atoms with van der Waals surface area (Å²) in [5.41, 5.74) is 5.70. The predicted octanol–water partition coefficient (Wildman–Crippen LogP) is 0.924. The quantitative estimate of drug-likeness (QED) is 0.596. The molecule has 1 amide bonds. The van der Waals surface area contributed by atoms with Crippen molar-refractivity contribution >= 4 is 5.91 Å². The molecule has 0 fully saturated rings. The van der Waals surface area contributed by atoms with E-state index in [-0.39, 0.29) is 11.9 Å². The third kappa shape index (κ3) is 7.56. The molecule has 80 valence electrons. The van der Waals surface area contributed by atoms with E-state index in [1.165, 1.54) is 0 Å². The molecule has 0 bridgehead atoms. The van der Waals surface area contributed by atoms with Crippen molar-refractivity contribution in [2.45, 2.75) is 45.1 Å². The van der Waals surface area contributed by atoms with E-state index in [4.69, 9.17) is 11.0 Å². The Labute approximate surface area is 85.5 Å². The number of rotatable bonds is 7. The number of nitrogens with zero attached hydrogens (tertiary/aromatic N) is 1. The Kier molecular flexibility index (Phi) is 7.86. The number of hydrogen-bond donors (Lipinski definition) is 2. The van der Waals surface area contributed by atoms with Crippen molar-refractivity contribution in [1.82, 2.24) is 5.32 Å². The summed E-state index contributed by atoms with van der Waals surface area (Å²) in [5.74, 6) is -0.0103. The SMILES string of the molecule is CCCC(N)CC(=O)NCCCC#N. The molecule has 0 aromatic rings. The molecule has 0 saturated heterocycles. The first-order valence-corrected chi connectivity index (χ1v) is 5.10. The van der Waals surface area contributed by atoms with Crippen LogP contribution in [-0.2, 0) is 4.79 Å². The van der Waals surface area contributed by atoms with Gasteiger partial charge in [0.15, 0.2) is 0 Å². The summed E-state index contributed by atoms with van der Waals surface area (Å²) < 4.78 is 0. The van der Waals surface area contributed by atoms with Crippen LogP contribution in [0.3, 0.4) is 0 Å². The van der Waals surface area contributed by atoms with Crippen LogP contribution in [0.25, 0.3) is 0 Å². The van der Waals surface area contributed by atoms with Crippen LogP contribution in [0.1, 0.15) is 39.0 Å². The average Bonchev–Trinajstić information content (AvgIpc) is 2.13. The fourth-order valence-electron chi connectivity index (χ4n) is 1.18. The Morgan fingerprint density at radius 1 is 1.64 bits per heavy atom. The predicted molar refractivity (Wildman–Crippen MR) is 55.4 cm³/mol. The van der Waals surface area contributed by atoms with E-state index in [9.17, 15) is 4.79 Å². The Morgan fingerprint density at radius 3 is 2.93 bits per heavy atom. The van der Waals surface area contributed by atoms with Gasteiger partial charge in [0.2, 0.25) is 5.91 Å². The maximum atomic E-state index is 11.2. The van der Waals surface area contributed by atoms with Crippen LogP contribution in [0.5, 0.6) is 0 Å². The van der Waals surface area contributed by atoms with Crippen LogP contribution >= 0.6 is 0 Å². The van der Waals surface area contributed by atoms with Gasteiger partial charge in [0.05, 0.1) is 6.07 Å². The number of carbonyl (C=O) groups is 1. The van der Waals surface area contributed by atoms with Crippen molar-refractivity contribution in [3.05, 3.63) is 0 Å². The van der Waals surface area contributed by atoms with Gasteiger partial charge in [-0.2, -0.15) is 5.26 Å². The molecule has 0 aliphatic rings. The highest BCUT2D eigenvalue weighted by atomic mass is 16.1. The first-order valence-electron chi connectivity index (χ1n) is 5.10. The number of nitriles is 1. The van der Waals surface area contributed by atoms with E-state index in [1.54, 1.807) is 0 Å². The van der Waals surface area contributed by atoms with Gasteiger partial charge < -0.3 is 11.1 Å². The molecule has 0 radical (unpaired) electrons. The fraction of sp³-hybridized carbons (Fsp3) is 0.800. The average molecular weight is 197 g/mol. The van der Waals surface area contributed by atoms with Crippen molar-refractivity contribution < 1.29 is 4.79 Å². The molecule has 14 heavy (non-hydrogen) atoms. The molecule has 0 aromatic carbocycles. The zero-order valence-corrected chi connectivity index (χ0v) is 8.75. The minimum absolute atomic E-state index is 0.0103. The van der Waals surface area contributed by atoms with E-state index >= 15 is 0 Å². The third-order valence-corrected chi connectivity index (χ3v) is 1.89. The molecule has 0 aliphatic carbocycles. The number of carbonyl (C=O) groups excluding carboxylic acids is 1. The van der Waals surface area contributed by atoms with Crippen molar-refractivity contribution in [2.75, 3.05) is 6.54 Å². The Bertz CT molecular complexity index is 198. The lowest BCUT2D eigenvalue weighted by Crippen LogP contribution is -2.32. The lowest BCUT2D eigenvalue weighted by atomic mass is 10.1. The maximum Gasteiger partial charge on any atom is 0.221 e. The molecule has 1 atom stereocenters. The summed E-state index contributed by atoms with van der Waals surface area (Å²) in [6, 6.07) is 2.00. The van der Waals surface area contributed by atoms with Crippen LogP contribution in [0, 0.1) is 11.3 Å². The minimum atomic E-state index is -0.0315. The van der Waals surface area contributed by atoms with E-state index in [0.29, 0.717) is 25.8 Å². The summed E-state index contributed by atoms with van der Waals surface area (Å²) >= 11 is 0. The molecular weight excluding hydrogens is 178 g/mol. The highest BCUT2D eigenvalue weighted by Gasteiger charge is 2.07. The number of unbranched alkanes of at least 4 members (excludes halogenated alkanes) is 1. The van der Waals surface area contributed by atoms with E-state index < -0.39 is 0 Å². The van der Waals surface area contributed by atoms with Gasteiger partial charge in [-0.15, -0.1) is 0 Å². The monoisotopic (exact) mass is 197 g/mol. The minimum Gasteiger partial charge on any atom is -0.356 e. The molecule has 0 rings (SSSR count). The molecular formula is C10H19N3O. The molecule has 3 N–H and O–H groups in total. The molecule has 0 heterocycles. The van der Waals surface area contributed by atoms with Crippen LogP contribution in [0.15, 0.2) is 0 Å². The normalized spacial score (nSPS) is 11.8. The summed E-state index contributed by atoms with van der Waals surface area (Å²) in [4.78, 5) is 11.2. The van der Waals surface area contributed by atoms with Crippen LogP contribution < -0.4 is 11.1 Å². The Hall–Kier alpha value is -1.08. The first kappa shape index (κ1) is 12.9. The summed E-state index contributed by atoms with van der Waals surface area (Å²) in [6.45, 7) is 2.62. The lowest BCUT2D eigenvalue weighted by molar-refractivity contribution is -0.121. The lowest BCUT2D eigenvalue weighted by Gasteiger charge is -2.09. The molecule has 0 spiro atoms. The molecule has 0 saturated carbocycles. The van der Waals surface area contributed by atoms with Gasteiger partial charge in [0, 0.05) is 25.4 Å². The molecule has 0 aromatic heterocycles. The topological polar surface area (TPSA) is 78.9 Å². The third-order valence-electron chi connectivity index (χ3n) is 1.89. The van der Waals surface area contributed by atoms with Crippen LogP contribution in [-0.4, -0.2) is 18.5 Å². The largest absolute Gasteiger partial charge is 0.356 e. The molecule has 0 aliphatic heterocycles. The molecule has 4 nitrogen and oxygen atoms in total. The van der Waals surface area contributed by atoms with Gasteiger partial charge in [-0.25, -0.2) is 0 Å². The van der Waals surface area contributed by atoms with E-state index in [1.807, 2.05) is 13.0 Å². The second kappa shape index (κ2) is 8.52. The van der Waals surface area contributed by atoms with Crippen LogP contribution in [0.4, 0.5) is 0 Å². The molecule has 4 heteroatoms. The summed E-state index contributed by atoms with van der Waals surface area (Å²) in [7, 11) is 0. The summed E-state index contributed by atoms with van der Waals surface area (Å²) in [5, 5.41) is 11.0. The highest BCUT2D eigenvalue weighted by Crippen LogP contribution is 1.97. The van der Waals surface area contributed by atoms with Crippen molar-refractivity contribution in [3.8, 4) is 6.07 Å². The second-order valence-corrected chi connectivity index (χ2v) is 3.36. The Morgan fingerprint density at radius 2 is 2.36 bits per heavy atom. The molecule has 1 unspecified atom stereocenters. The van der Waals surface area contributed by atoms with Gasteiger partial charge in [0.1, 0.15) is 0 Å². The number of amides is 1. The second-order valence-electron chi connectivity index (χ2n) is 3.36. The van der Waals surface area contributed by atoms with Gasteiger partial charge in [0.25, 0.3) is 0 Å². The smallest absolute Gasteiger partial charge is 0.221 e. The standard InChI is InChI=1S/C10H19N3O/c1-2-5-9(12)8-10(14)13-7-4-3-6-11/h9H,2-5,7-8,12H2,1H3,(H,13,14). The van der Waals surface area contributed by atoms with E-state index in [0.717, 1.165) is 12.8 Å². The number of nitrogens with two attached hydrogens (primary N) is 1. The fourth-order valence-corrected chi connectivity index (χ4v) is 1.18. The van der Waals surface area contributed by atoms with Crippen LogP contribution in [0.2, 0.25) is 0 Å². The number of nitrogens with one attached hydrogen (secondary N) is 1. The highest BCUT2D eigenvalue weighted by molar-refractivity contribution is 5.76. The maximum absolute atomic E-state index is 11.2. The Balaban J connectivity index is 3.41. The summed E-state index contributed by atoms with van der Waals surface area (Å²) in [6.07, 6.45) is 3.47. The number of hydrogen-bond acceptors (Lipinski definition) is 3. The van der Waals surface area contributed by atoms with Gasteiger partial charge in [-0.05, 0) is 12.8 Å². The van der Waals surface area contributed by atoms with Crippen molar-refractivity contribution in [1.29, 1.82) is 5.26 Å². The van der Waals surface area contributed by atoms with Gasteiger partial charge >= 0.3 is 0 Å². The van der Waals surface area contributed by atoms with Gasteiger partial charge in [-0.3, -0.25) is 4.79 Å². The zero-order valence-electron chi connectivity index (χ0n) is 8.75. The van der Waals surface area contributed by atoms with Crippen molar-refractivity contribution in [3.63, 3.8) is 0 Å². The first-order chi connectivity index (χ1) is 6.70.